The van der Waals surface area contributed by atoms with E-state index in [0.717, 1.165) is 5.92 Å². The molecule has 0 spiro atoms. The lowest BCUT2D eigenvalue weighted by molar-refractivity contribution is -0.113. The summed E-state index contributed by atoms with van der Waals surface area (Å²) in [6.07, 6.45) is 10.7. The molecule has 2 heteroatoms. The molecule has 0 bridgehead atoms. The third kappa shape index (κ3) is 2.73. The molecule has 2 nitrogen and oxygen atoms in total. The van der Waals surface area contributed by atoms with Gasteiger partial charge in [0.25, 0.3) is 0 Å². The van der Waals surface area contributed by atoms with Crippen LogP contribution in [0.1, 0.15) is 58.3 Å². The fourth-order valence-electron chi connectivity index (χ4n) is 3.31. The van der Waals surface area contributed by atoms with Gasteiger partial charge in [-0.25, -0.2) is 0 Å². The Morgan fingerprint density at radius 1 is 1.20 bits per heavy atom. The van der Waals surface area contributed by atoms with Crippen molar-refractivity contribution < 1.29 is 4.74 Å². The van der Waals surface area contributed by atoms with E-state index in [-0.39, 0.29) is 5.60 Å². The standard InChI is InChI=1S/C13H25NO/c1-11-5-4-8-13(9-11,10-14)15-12-6-2-3-7-12/h11-12H,2-10,14H2,1H3. The summed E-state index contributed by atoms with van der Waals surface area (Å²) in [6.45, 7) is 3.05. The maximum Gasteiger partial charge on any atom is 0.0810 e. The van der Waals surface area contributed by atoms with Gasteiger partial charge in [-0.3, -0.25) is 0 Å². The largest absolute Gasteiger partial charge is 0.370 e. The third-order valence-corrected chi connectivity index (χ3v) is 4.14. The van der Waals surface area contributed by atoms with Gasteiger partial charge in [0.05, 0.1) is 11.7 Å². The smallest absolute Gasteiger partial charge is 0.0810 e. The second kappa shape index (κ2) is 4.84. The number of hydrogen-bond donors (Lipinski definition) is 1. The highest BCUT2D eigenvalue weighted by molar-refractivity contribution is 4.89. The minimum Gasteiger partial charge on any atom is -0.370 e. The van der Waals surface area contributed by atoms with Gasteiger partial charge in [-0.15, -0.1) is 0 Å². The average Bonchev–Trinajstić information content (AvgIpc) is 2.70. The van der Waals surface area contributed by atoms with Gasteiger partial charge < -0.3 is 10.5 Å². The summed E-state index contributed by atoms with van der Waals surface area (Å²) in [5, 5.41) is 0. The Morgan fingerprint density at radius 3 is 2.53 bits per heavy atom. The Hall–Kier alpha value is -0.0800. The maximum absolute atomic E-state index is 6.33. The molecule has 0 radical (unpaired) electrons. The fourth-order valence-corrected chi connectivity index (χ4v) is 3.31. The van der Waals surface area contributed by atoms with Gasteiger partial charge in [-0.2, -0.15) is 0 Å². The molecule has 2 N–H and O–H groups in total. The zero-order valence-electron chi connectivity index (χ0n) is 10.0. The summed E-state index contributed by atoms with van der Waals surface area (Å²) in [7, 11) is 0. The third-order valence-electron chi connectivity index (χ3n) is 4.14. The molecule has 2 aliphatic carbocycles. The number of nitrogens with two attached hydrogens (primary N) is 1. The molecular formula is C13H25NO. The van der Waals surface area contributed by atoms with Gasteiger partial charge in [0, 0.05) is 6.54 Å². The van der Waals surface area contributed by atoms with E-state index in [1.165, 1.54) is 51.4 Å². The van der Waals surface area contributed by atoms with Crippen LogP contribution >= 0.6 is 0 Å². The minimum atomic E-state index is 0.0344. The average molecular weight is 211 g/mol. The van der Waals surface area contributed by atoms with Crippen molar-refractivity contribution in [1.29, 1.82) is 0 Å². The molecule has 2 atom stereocenters. The lowest BCUT2D eigenvalue weighted by Crippen LogP contribution is -2.46. The van der Waals surface area contributed by atoms with E-state index in [1.54, 1.807) is 0 Å². The van der Waals surface area contributed by atoms with Crippen molar-refractivity contribution in [2.75, 3.05) is 6.54 Å². The van der Waals surface area contributed by atoms with Crippen LogP contribution in [0.5, 0.6) is 0 Å². The first kappa shape index (κ1) is 11.4. The van der Waals surface area contributed by atoms with Gasteiger partial charge in [0.2, 0.25) is 0 Å². The molecular weight excluding hydrogens is 186 g/mol. The lowest BCUT2D eigenvalue weighted by Gasteiger charge is -2.41. The van der Waals surface area contributed by atoms with Crippen LogP contribution < -0.4 is 5.73 Å². The zero-order valence-corrected chi connectivity index (χ0v) is 10.0. The monoisotopic (exact) mass is 211 g/mol. The molecule has 2 fully saturated rings. The van der Waals surface area contributed by atoms with Crippen molar-refractivity contribution in [3.63, 3.8) is 0 Å². The fraction of sp³-hybridized carbons (Fsp3) is 1.00. The molecule has 0 amide bonds. The van der Waals surface area contributed by atoms with E-state index >= 15 is 0 Å². The van der Waals surface area contributed by atoms with Crippen molar-refractivity contribution in [2.45, 2.75) is 70.0 Å². The molecule has 0 aromatic heterocycles. The second-order valence-corrected chi connectivity index (χ2v) is 5.61. The van der Waals surface area contributed by atoms with Crippen molar-refractivity contribution in [3.8, 4) is 0 Å². The van der Waals surface area contributed by atoms with Crippen LogP contribution in [0.3, 0.4) is 0 Å². The molecule has 2 saturated carbocycles. The number of hydrogen-bond acceptors (Lipinski definition) is 2. The van der Waals surface area contributed by atoms with Gasteiger partial charge in [-0.05, 0) is 31.6 Å². The number of ether oxygens (including phenoxy) is 1. The summed E-state index contributed by atoms with van der Waals surface area (Å²) in [5.41, 5.74) is 5.99. The minimum absolute atomic E-state index is 0.0344. The first-order chi connectivity index (χ1) is 7.24. The molecule has 15 heavy (non-hydrogen) atoms. The summed E-state index contributed by atoms with van der Waals surface area (Å²) in [6, 6.07) is 0. The van der Waals surface area contributed by atoms with Crippen molar-refractivity contribution in [3.05, 3.63) is 0 Å². The van der Waals surface area contributed by atoms with Crippen LogP contribution in [0.25, 0.3) is 0 Å². The summed E-state index contributed by atoms with van der Waals surface area (Å²) < 4.78 is 6.33. The summed E-state index contributed by atoms with van der Waals surface area (Å²) >= 11 is 0. The van der Waals surface area contributed by atoms with Crippen molar-refractivity contribution >= 4 is 0 Å². The Kier molecular flexibility index (Phi) is 3.68. The topological polar surface area (TPSA) is 35.2 Å². The van der Waals surface area contributed by atoms with Gasteiger partial charge >= 0.3 is 0 Å². The SMILES string of the molecule is CC1CCCC(CN)(OC2CCCC2)C1. The highest BCUT2D eigenvalue weighted by Gasteiger charge is 2.37. The first-order valence-electron chi connectivity index (χ1n) is 6.62. The molecule has 0 aromatic carbocycles. The normalized spacial score (nSPS) is 38.4. The predicted octanol–water partition coefficient (Wildman–Crippen LogP) is 2.85. The van der Waals surface area contributed by atoms with E-state index < -0.39 is 0 Å². The van der Waals surface area contributed by atoms with Crippen LogP contribution in [0.15, 0.2) is 0 Å². The highest BCUT2D eigenvalue weighted by Crippen LogP contribution is 2.37. The van der Waals surface area contributed by atoms with Crippen molar-refractivity contribution in [2.24, 2.45) is 11.7 Å². The summed E-state index contributed by atoms with van der Waals surface area (Å²) in [4.78, 5) is 0. The van der Waals surface area contributed by atoms with E-state index in [2.05, 4.69) is 6.92 Å². The zero-order chi connectivity index (χ0) is 10.7. The van der Waals surface area contributed by atoms with Gasteiger partial charge in [0.1, 0.15) is 0 Å². The van der Waals surface area contributed by atoms with Crippen LogP contribution in [0, 0.1) is 5.92 Å². The van der Waals surface area contributed by atoms with E-state index in [0.29, 0.717) is 12.6 Å². The highest BCUT2D eigenvalue weighted by atomic mass is 16.5. The second-order valence-electron chi connectivity index (χ2n) is 5.61. The van der Waals surface area contributed by atoms with E-state index in [1.807, 2.05) is 0 Å². The van der Waals surface area contributed by atoms with Crippen LogP contribution in [0.2, 0.25) is 0 Å². The van der Waals surface area contributed by atoms with Crippen LogP contribution in [0.4, 0.5) is 0 Å². The Morgan fingerprint density at radius 2 is 1.93 bits per heavy atom. The molecule has 2 unspecified atom stereocenters. The molecule has 2 aliphatic rings. The lowest BCUT2D eigenvalue weighted by atomic mass is 9.78. The quantitative estimate of drug-likeness (QED) is 0.779. The van der Waals surface area contributed by atoms with Crippen LogP contribution in [-0.4, -0.2) is 18.2 Å². The van der Waals surface area contributed by atoms with E-state index in [9.17, 15) is 0 Å². The Labute approximate surface area is 93.6 Å². The first-order valence-corrected chi connectivity index (χ1v) is 6.62. The molecule has 0 aromatic rings. The molecule has 0 aliphatic heterocycles. The maximum atomic E-state index is 6.33. The van der Waals surface area contributed by atoms with Crippen molar-refractivity contribution in [1.82, 2.24) is 0 Å². The molecule has 88 valence electrons. The summed E-state index contributed by atoms with van der Waals surface area (Å²) in [5.74, 6) is 0.795. The molecule has 0 heterocycles. The van der Waals surface area contributed by atoms with Crippen LogP contribution in [-0.2, 0) is 4.74 Å². The Balaban J connectivity index is 1.93. The Bertz CT molecular complexity index is 201. The number of rotatable bonds is 3. The van der Waals surface area contributed by atoms with Gasteiger partial charge in [-0.1, -0.05) is 32.6 Å². The molecule has 0 saturated heterocycles. The molecule has 2 rings (SSSR count). The predicted molar refractivity (Wildman–Crippen MR) is 62.8 cm³/mol. The van der Waals surface area contributed by atoms with E-state index in [4.69, 9.17) is 10.5 Å². The van der Waals surface area contributed by atoms with Gasteiger partial charge in [0.15, 0.2) is 0 Å².